The quantitative estimate of drug-likeness (QED) is 0.467. The van der Waals surface area contributed by atoms with Crippen LogP contribution in [0.2, 0.25) is 0 Å². The zero-order chi connectivity index (χ0) is 24.5. The predicted octanol–water partition coefficient (Wildman–Crippen LogP) is 3.93. The Bertz CT molecular complexity index is 1520. The Morgan fingerprint density at radius 3 is 2.57 bits per heavy atom. The Hall–Kier alpha value is -3.67. The standard InChI is InChI=1S/C27H27N5O.C2H6/c1-17-3-9-22(13-21(17)14-28-2)32-27(33)25(20-8-10-23(29-15-20)19-6-7-19)26-24(30-32)11-12-31(26)16-18-4-5-18;1-2/h3,8-15,18-19,28H,1,4-7,16H2,2H3;1-2H3/b21-14-;. The van der Waals surface area contributed by atoms with Crippen LogP contribution in [0.25, 0.3) is 40.6 Å². The number of aromatic nitrogens is 4. The molecule has 180 valence electrons. The van der Waals surface area contributed by atoms with Gasteiger partial charge in [0.1, 0.15) is 5.52 Å². The van der Waals surface area contributed by atoms with Crippen molar-refractivity contribution in [2.45, 2.75) is 52.0 Å². The fourth-order valence-corrected chi connectivity index (χ4v) is 4.52. The van der Waals surface area contributed by atoms with E-state index in [9.17, 15) is 4.79 Å². The van der Waals surface area contributed by atoms with Crippen LogP contribution < -0.4 is 21.3 Å². The summed E-state index contributed by atoms with van der Waals surface area (Å²) in [6.07, 6.45) is 10.7. The Balaban J connectivity index is 0.00000124. The van der Waals surface area contributed by atoms with Gasteiger partial charge in [0, 0.05) is 49.4 Å². The average molecular weight is 468 g/mol. The molecule has 0 bridgehead atoms. The zero-order valence-electron chi connectivity index (χ0n) is 20.8. The van der Waals surface area contributed by atoms with Gasteiger partial charge in [-0.05, 0) is 66.3 Å². The van der Waals surface area contributed by atoms with Crippen molar-refractivity contribution in [3.05, 3.63) is 75.3 Å². The van der Waals surface area contributed by atoms with Crippen molar-refractivity contribution >= 4 is 23.8 Å². The molecule has 1 N–H and O–H groups in total. The predicted molar refractivity (Wildman–Crippen MR) is 143 cm³/mol. The number of benzene rings is 1. The first-order valence-corrected chi connectivity index (χ1v) is 12.7. The molecule has 0 radical (unpaired) electrons. The number of pyridine rings is 1. The van der Waals surface area contributed by atoms with Gasteiger partial charge in [-0.15, -0.1) is 0 Å². The Morgan fingerprint density at radius 2 is 1.91 bits per heavy atom. The van der Waals surface area contributed by atoms with Crippen LogP contribution in [0.5, 0.6) is 0 Å². The maximum Gasteiger partial charge on any atom is 0.281 e. The lowest BCUT2D eigenvalue weighted by molar-refractivity contribution is 0.646. The van der Waals surface area contributed by atoms with Crippen LogP contribution in [0, 0.1) is 5.92 Å². The van der Waals surface area contributed by atoms with Gasteiger partial charge in [0.25, 0.3) is 5.56 Å². The summed E-state index contributed by atoms with van der Waals surface area (Å²) < 4.78 is 3.72. The van der Waals surface area contributed by atoms with E-state index >= 15 is 0 Å². The summed E-state index contributed by atoms with van der Waals surface area (Å²) in [7, 11) is 1.85. The highest BCUT2D eigenvalue weighted by Gasteiger charge is 2.26. The summed E-state index contributed by atoms with van der Waals surface area (Å²) in [5.41, 5.74) is 4.93. The molecule has 6 heteroatoms. The summed E-state index contributed by atoms with van der Waals surface area (Å²) in [5, 5.41) is 9.63. The Labute approximate surface area is 205 Å². The Kier molecular flexibility index (Phi) is 6.29. The van der Waals surface area contributed by atoms with E-state index in [1.807, 2.05) is 57.6 Å². The van der Waals surface area contributed by atoms with E-state index in [1.165, 1.54) is 30.4 Å². The van der Waals surface area contributed by atoms with Gasteiger partial charge in [-0.25, -0.2) is 0 Å². The minimum Gasteiger partial charge on any atom is -0.393 e. The lowest BCUT2D eigenvalue weighted by atomic mass is 10.1. The van der Waals surface area contributed by atoms with Crippen molar-refractivity contribution in [3.8, 4) is 16.8 Å². The highest BCUT2D eigenvalue weighted by atomic mass is 16.1. The van der Waals surface area contributed by atoms with Crippen molar-refractivity contribution in [1.29, 1.82) is 0 Å². The normalized spacial score (nSPS) is 15.7. The molecule has 3 heterocycles. The second-order valence-corrected chi connectivity index (χ2v) is 9.30. The van der Waals surface area contributed by atoms with Gasteiger partial charge < -0.3 is 9.88 Å². The van der Waals surface area contributed by atoms with E-state index in [2.05, 4.69) is 34.8 Å². The van der Waals surface area contributed by atoms with Gasteiger partial charge in [-0.2, -0.15) is 9.78 Å². The van der Waals surface area contributed by atoms with Crippen molar-refractivity contribution in [2.24, 2.45) is 5.92 Å². The van der Waals surface area contributed by atoms with Crippen LogP contribution in [0.1, 0.15) is 51.1 Å². The van der Waals surface area contributed by atoms with Crippen LogP contribution in [-0.4, -0.2) is 26.4 Å². The maximum atomic E-state index is 13.9. The molecule has 4 aromatic rings. The molecule has 3 aromatic heterocycles. The van der Waals surface area contributed by atoms with E-state index in [-0.39, 0.29) is 5.56 Å². The van der Waals surface area contributed by atoms with Gasteiger partial charge in [0.2, 0.25) is 0 Å². The summed E-state index contributed by atoms with van der Waals surface area (Å²) in [6.45, 7) is 9.01. The fourth-order valence-electron chi connectivity index (χ4n) is 4.52. The van der Waals surface area contributed by atoms with Crippen LogP contribution in [0.3, 0.4) is 0 Å². The van der Waals surface area contributed by atoms with Gasteiger partial charge >= 0.3 is 0 Å². The molecule has 0 spiro atoms. The molecule has 0 aliphatic heterocycles. The molecule has 2 fully saturated rings. The third kappa shape index (κ3) is 4.53. The third-order valence-corrected chi connectivity index (χ3v) is 6.69. The second-order valence-electron chi connectivity index (χ2n) is 9.30. The molecule has 0 amide bonds. The summed E-state index contributed by atoms with van der Waals surface area (Å²) in [5.74, 6) is 1.27. The highest BCUT2D eigenvalue weighted by molar-refractivity contribution is 5.91. The molecule has 35 heavy (non-hydrogen) atoms. The minimum absolute atomic E-state index is 0.133. The van der Waals surface area contributed by atoms with Crippen LogP contribution in [0.15, 0.2) is 53.6 Å². The van der Waals surface area contributed by atoms with Crippen LogP contribution >= 0.6 is 0 Å². The monoisotopic (exact) mass is 467 g/mol. The molecule has 6 nitrogen and oxygen atoms in total. The lowest BCUT2D eigenvalue weighted by Gasteiger charge is -2.13. The summed E-state index contributed by atoms with van der Waals surface area (Å²) in [4.78, 5) is 18.6. The van der Waals surface area contributed by atoms with Crippen molar-refractivity contribution < 1.29 is 0 Å². The minimum atomic E-state index is -0.133. The van der Waals surface area contributed by atoms with Crippen LogP contribution in [0.4, 0.5) is 0 Å². The molecule has 6 rings (SSSR count). The zero-order valence-corrected chi connectivity index (χ0v) is 20.8. The molecule has 0 atom stereocenters. The third-order valence-electron chi connectivity index (χ3n) is 6.69. The molecular formula is C29H33N5O. The first kappa shape index (κ1) is 23.1. The molecule has 2 aliphatic rings. The Morgan fingerprint density at radius 1 is 1.11 bits per heavy atom. The molecule has 0 saturated heterocycles. The molecule has 1 aromatic carbocycles. The molecule has 2 aliphatic carbocycles. The number of hydrogen-bond acceptors (Lipinski definition) is 4. The van der Waals surface area contributed by atoms with Crippen molar-refractivity contribution in [3.63, 3.8) is 0 Å². The average Bonchev–Trinajstić information content (AvgIpc) is 3.81. The molecule has 0 unspecified atom stereocenters. The van der Waals surface area contributed by atoms with Crippen molar-refractivity contribution in [1.82, 2.24) is 24.6 Å². The van der Waals surface area contributed by atoms with E-state index in [0.29, 0.717) is 17.4 Å². The van der Waals surface area contributed by atoms with E-state index in [1.54, 1.807) is 0 Å². The van der Waals surface area contributed by atoms with E-state index < -0.39 is 0 Å². The van der Waals surface area contributed by atoms with E-state index in [0.717, 1.165) is 45.0 Å². The number of fused-ring (bicyclic) bond motifs is 1. The van der Waals surface area contributed by atoms with Gasteiger partial charge in [-0.1, -0.05) is 32.6 Å². The second kappa shape index (κ2) is 9.53. The van der Waals surface area contributed by atoms with Gasteiger partial charge in [-0.3, -0.25) is 9.78 Å². The smallest absolute Gasteiger partial charge is 0.281 e. The summed E-state index contributed by atoms with van der Waals surface area (Å²) in [6, 6.07) is 11.9. The highest BCUT2D eigenvalue weighted by Crippen LogP contribution is 2.39. The molecule has 2 saturated carbocycles. The molecular weight excluding hydrogens is 434 g/mol. The first-order chi connectivity index (χ1) is 17.1. The largest absolute Gasteiger partial charge is 0.393 e. The topological polar surface area (TPSA) is 64.7 Å². The number of nitrogens with one attached hydrogen (secondary N) is 1. The number of rotatable bonds is 6. The lowest BCUT2D eigenvalue weighted by Crippen LogP contribution is -2.29. The van der Waals surface area contributed by atoms with Crippen molar-refractivity contribution in [2.75, 3.05) is 7.05 Å². The fraction of sp³-hybridized carbons (Fsp3) is 0.345. The van der Waals surface area contributed by atoms with Gasteiger partial charge in [0.05, 0.1) is 16.8 Å². The van der Waals surface area contributed by atoms with Crippen LogP contribution in [-0.2, 0) is 6.54 Å². The van der Waals surface area contributed by atoms with Gasteiger partial charge in [0.15, 0.2) is 0 Å². The summed E-state index contributed by atoms with van der Waals surface area (Å²) >= 11 is 0. The first-order valence-electron chi connectivity index (χ1n) is 12.7. The number of nitrogens with zero attached hydrogens (tertiary/aromatic N) is 4. The van der Waals surface area contributed by atoms with E-state index in [4.69, 9.17) is 10.1 Å². The number of hydrogen-bond donors (Lipinski definition) is 1. The maximum absolute atomic E-state index is 13.9. The SMILES string of the molecule is C=c1ccc(-n2nc3ccn(CC4CC4)c3c(-c3ccc(C4CC4)nc3)c2=O)c/c1=C/NC.CC.